The molecule has 0 spiro atoms. The van der Waals surface area contributed by atoms with Gasteiger partial charge in [-0.2, -0.15) is 0 Å². The number of amides is 2. The van der Waals surface area contributed by atoms with Crippen LogP contribution in [0.4, 0.5) is 0 Å². The predicted molar refractivity (Wildman–Crippen MR) is 113 cm³/mol. The first-order chi connectivity index (χ1) is 15.0. The molecule has 10 heteroatoms. The molecule has 160 valence electrons. The Morgan fingerprint density at radius 1 is 1.13 bits per heavy atom. The Kier molecular flexibility index (Phi) is 5.81. The highest BCUT2D eigenvalue weighted by Crippen LogP contribution is 2.39. The molecular weight excluding hydrogens is 420 g/mol. The van der Waals surface area contributed by atoms with E-state index in [9.17, 15) is 9.59 Å². The molecule has 31 heavy (non-hydrogen) atoms. The molecule has 0 unspecified atom stereocenters. The predicted octanol–water partition coefficient (Wildman–Crippen LogP) is 2.92. The Hall–Kier alpha value is -3.53. The van der Waals surface area contributed by atoms with Crippen molar-refractivity contribution in [3.8, 4) is 28.8 Å². The minimum Gasteiger partial charge on any atom is -0.494 e. The Balaban J connectivity index is 1.80. The summed E-state index contributed by atoms with van der Waals surface area (Å²) in [5, 5.41) is 11.5. The first-order valence-corrected chi connectivity index (χ1v) is 10.4. The maximum absolute atomic E-state index is 11.7. The fourth-order valence-electron chi connectivity index (χ4n) is 3.24. The summed E-state index contributed by atoms with van der Waals surface area (Å²) >= 11 is 1.35. The van der Waals surface area contributed by atoms with Gasteiger partial charge in [-0.25, -0.2) is 0 Å². The summed E-state index contributed by atoms with van der Waals surface area (Å²) in [5.41, 5.74) is 1.33. The molecule has 1 aliphatic rings. The van der Waals surface area contributed by atoms with E-state index in [1.54, 1.807) is 18.8 Å². The Bertz CT molecular complexity index is 1160. The van der Waals surface area contributed by atoms with E-state index in [-0.39, 0.29) is 12.3 Å². The van der Waals surface area contributed by atoms with Crippen molar-refractivity contribution in [1.82, 2.24) is 20.1 Å². The molecule has 0 saturated carbocycles. The second-order valence-electron chi connectivity index (χ2n) is 6.74. The second kappa shape index (κ2) is 8.68. The quantitative estimate of drug-likeness (QED) is 0.441. The van der Waals surface area contributed by atoms with Gasteiger partial charge in [-0.3, -0.25) is 19.5 Å². The second-order valence-corrected chi connectivity index (χ2v) is 7.69. The molecule has 0 fully saturated rings. The first-order valence-electron chi connectivity index (χ1n) is 9.39. The highest BCUT2D eigenvalue weighted by Gasteiger charge is 2.25. The number of nitrogens with one attached hydrogen (secondary N) is 1. The number of carbonyl (C=O) groups is 2. The number of hydrogen-bond donors (Lipinski definition) is 1. The van der Waals surface area contributed by atoms with Gasteiger partial charge in [0, 0.05) is 18.2 Å². The normalized spacial score (nSPS) is 13.7. The summed E-state index contributed by atoms with van der Waals surface area (Å²) in [6.45, 7) is 1.85. The van der Waals surface area contributed by atoms with Gasteiger partial charge in [-0.05, 0) is 36.8 Å². The van der Waals surface area contributed by atoms with Crippen LogP contribution in [0.15, 0.2) is 51.6 Å². The number of methoxy groups -OCH3 is 2. The number of rotatable bonds is 7. The van der Waals surface area contributed by atoms with E-state index >= 15 is 0 Å². The Morgan fingerprint density at radius 2 is 1.87 bits per heavy atom. The van der Waals surface area contributed by atoms with Gasteiger partial charge in [-0.15, -0.1) is 10.2 Å². The van der Waals surface area contributed by atoms with Crippen molar-refractivity contribution in [2.24, 2.45) is 0 Å². The number of benzene rings is 1. The van der Waals surface area contributed by atoms with Gasteiger partial charge in [0.2, 0.25) is 11.7 Å². The van der Waals surface area contributed by atoms with Crippen molar-refractivity contribution in [2.75, 3.05) is 20.0 Å². The van der Waals surface area contributed by atoms with Crippen LogP contribution in [-0.4, -0.2) is 46.6 Å². The topological polar surface area (TPSA) is 108 Å². The largest absolute Gasteiger partial charge is 0.494 e. The lowest BCUT2D eigenvalue weighted by Gasteiger charge is -2.17. The third kappa shape index (κ3) is 4.19. The molecule has 0 atom stereocenters. The van der Waals surface area contributed by atoms with Crippen molar-refractivity contribution in [1.29, 1.82) is 0 Å². The number of ether oxygens (including phenoxy) is 2. The van der Waals surface area contributed by atoms with Gasteiger partial charge < -0.3 is 13.9 Å². The summed E-state index contributed by atoms with van der Waals surface area (Å²) in [5.74, 6) is 2.55. The fourth-order valence-corrected chi connectivity index (χ4v) is 4.15. The van der Waals surface area contributed by atoms with Crippen LogP contribution in [0.5, 0.6) is 11.5 Å². The average Bonchev–Trinajstić information content (AvgIpc) is 3.36. The monoisotopic (exact) mass is 440 g/mol. The highest BCUT2D eigenvalue weighted by atomic mass is 32.2. The zero-order chi connectivity index (χ0) is 22.0. The lowest BCUT2D eigenvalue weighted by atomic mass is 10.1. The van der Waals surface area contributed by atoms with Crippen LogP contribution in [0.3, 0.4) is 0 Å². The third-order valence-corrected chi connectivity index (χ3v) is 5.63. The molecular formula is C21H20N4O5S. The van der Waals surface area contributed by atoms with Crippen molar-refractivity contribution >= 4 is 23.6 Å². The molecule has 0 radical (unpaired) electrons. The number of nitrogens with zero attached hydrogens (tertiary/aromatic N) is 3. The van der Waals surface area contributed by atoms with Crippen LogP contribution < -0.4 is 14.8 Å². The third-order valence-electron chi connectivity index (χ3n) is 4.59. The highest BCUT2D eigenvalue weighted by molar-refractivity contribution is 7.99. The number of aromatic nitrogens is 3. The number of carbonyl (C=O) groups excluding carboxylic acids is 2. The molecule has 9 nitrogen and oxygen atoms in total. The molecule has 2 amide bonds. The van der Waals surface area contributed by atoms with Gasteiger partial charge in [0.25, 0.3) is 5.91 Å². The number of hydrogen-bond acceptors (Lipinski definition) is 8. The molecule has 0 bridgehead atoms. The summed E-state index contributed by atoms with van der Waals surface area (Å²) in [6, 6.07) is 9.12. The standard InChI is InChI=1S/C21H20N4O5S/c1-12-7-8-16(30-12)20-23-24-21(31-11-13-9-17(26)22-18(27)10-13)25(20)19-14(28-2)5-4-6-15(19)29-3/h4-9H,10-11H2,1-3H3,(H,22,26,27). The van der Waals surface area contributed by atoms with Crippen LogP contribution in [0.25, 0.3) is 17.3 Å². The number of imide groups is 1. The van der Waals surface area contributed by atoms with Crippen LogP contribution >= 0.6 is 11.8 Å². The fraction of sp³-hybridized carbons (Fsp3) is 0.238. The summed E-state index contributed by atoms with van der Waals surface area (Å²) < 4.78 is 18.7. The van der Waals surface area contributed by atoms with Gasteiger partial charge >= 0.3 is 0 Å². The average molecular weight is 440 g/mol. The maximum atomic E-state index is 11.7. The van der Waals surface area contributed by atoms with E-state index < -0.39 is 5.91 Å². The van der Waals surface area contributed by atoms with E-state index in [1.807, 2.05) is 37.3 Å². The maximum Gasteiger partial charge on any atom is 0.250 e. The van der Waals surface area contributed by atoms with Crippen molar-refractivity contribution in [3.05, 3.63) is 47.7 Å². The Labute approximate surface area is 182 Å². The van der Waals surface area contributed by atoms with Gasteiger partial charge in [-0.1, -0.05) is 17.8 Å². The molecule has 1 aromatic carbocycles. The Morgan fingerprint density at radius 3 is 2.48 bits per heavy atom. The molecule has 2 aromatic heterocycles. The molecule has 1 N–H and O–H groups in total. The molecule has 3 aromatic rings. The zero-order valence-electron chi connectivity index (χ0n) is 17.2. The molecule has 0 aliphatic carbocycles. The van der Waals surface area contributed by atoms with Gasteiger partial charge in [0.05, 0.1) is 14.2 Å². The van der Waals surface area contributed by atoms with Crippen LogP contribution in [0.1, 0.15) is 12.2 Å². The lowest BCUT2D eigenvalue weighted by molar-refractivity contribution is -0.128. The number of para-hydroxylation sites is 1. The summed E-state index contributed by atoms with van der Waals surface area (Å²) in [4.78, 5) is 23.3. The van der Waals surface area contributed by atoms with Crippen molar-refractivity contribution in [2.45, 2.75) is 18.5 Å². The zero-order valence-corrected chi connectivity index (χ0v) is 18.0. The molecule has 4 rings (SSSR count). The van der Waals surface area contributed by atoms with Crippen molar-refractivity contribution < 1.29 is 23.5 Å². The van der Waals surface area contributed by atoms with E-state index in [0.29, 0.717) is 45.3 Å². The van der Waals surface area contributed by atoms with E-state index in [0.717, 1.165) is 5.76 Å². The van der Waals surface area contributed by atoms with E-state index in [1.165, 1.54) is 17.8 Å². The SMILES string of the molecule is COc1cccc(OC)c1-n1c(SCC2=CC(=O)NC(=O)C2)nnc1-c1ccc(C)o1. The van der Waals surface area contributed by atoms with Crippen LogP contribution in [-0.2, 0) is 9.59 Å². The van der Waals surface area contributed by atoms with Crippen molar-refractivity contribution in [3.63, 3.8) is 0 Å². The molecule has 0 saturated heterocycles. The first kappa shape index (κ1) is 20.7. The lowest BCUT2D eigenvalue weighted by Crippen LogP contribution is -2.33. The number of furan rings is 1. The minimum atomic E-state index is -0.411. The molecule has 1 aliphatic heterocycles. The number of thioether (sulfide) groups is 1. The van der Waals surface area contributed by atoms with Crippen LogP contribution in [0.2, 0.25) is 0 Å². The van der Waals surface area contributed by atoms with Crippen LogP contribution in [0, 0.1) is 6.92 Å². The minimum absolute atomic E-state index is 0.162. The van der Waals surface area contributed by atoms with Gasteiger partial charge in [0.1, 0.15) is 22.9 Å². The van der Waals surface area contributed by atoms with E-state index in [4.69, 9.17) is 13.9 Å². The van der Waals surface area contributed by atoms with E-state index in [2.05, 4.69) is 15.5 Å². The molecule has 3 heterocycles. The number of aryl methyl sites for hydroxylation is 1. The summed E-state index contributed by atoms with van der Waals surface area (Å²) in [6.07, 6.45) is 1.60. The van der Waals surface area contributed by atoms with Gasteiger partial charge in [0.15, 0.2) is 10.9 Å². The summed E-state index contributed by atoms with van der Waals surface area (Å²) in [7, 11) is 3.15. The smallest absolute Gasteiger partial charge is 0.250 e.